The van der Waals surface area contributed by atoms with E-state index < -0.39 is 6.04 Å². The number of hydrogen-bond acceptors (Lipinski definition) is 2. The first-order chi connectivity index (χ1) is 7.47. The van der Waals surface area contributed by atoms with Crippen molar-refractivity contribution in [1.29, 1.82) is 5.26 Å². The van der Waals surface area contributed by atoms with Crippen LogP contribution in [-0.4, -0.2) is 23.9 Å². The number of carbonyl (C=O) groups excluding carboxylic acids is 1. The van der Waals surface area contributed by atoms with Crippen LogP contribution in [0, 0.1) is 20.7 Å². The molecule has 84 valence electrons. The molecule has 1 rings (SSSR count). The monoisotopic (exact) mass is 332 g/mol. The molecule has 0 bridgehead atoms. The van der Waals surface area contributed by atoms with Crippen LogP contribution in [-0.2, 0) is 0 Å². The first-order valence-corrected chi connectivity index (χ1v) is 5.67. The third kappa shape index (κ3) is 2.70. The summed E-state index contributed by atoms with van der Waals surface area (Å²) >= 11 is 1.90. The normalized spacial score (nSPS) is 11.7. The summed E-state index contributed by atoms with van der Waals surface area (Å²) in [4.78, 5) is 13.3. The molecule has 0 aromatic heterocycles. The molecular formula is C11H10FIN2O. The van der Waals surface area contributed by atoms with Crippen molar-refractivity contribution in [2.75, 3.05) is 7.05 Å². The molecule has 5 heteroatoms. The fourth-order valence-corrected chi connectivity index (χ4v) is 1.82. The Morgan fingerprint density at radius 3 is 2.75 bits per heavy atom. The highest BCUT2D eigenvalue weighted by Gasteiger charge is 2.19. The van der Waals surface area contributed by atoms with Crippen molar-refractivity contribution in [1.82, 2.24) is 4.90 Å². The van der Waals surface area contributed by atoms with Gasteiger partial charge in [0, 0.05) is 10.6 Å². The lowest BCUT2D eigenvalue weighted by atomic mass is 10.2. The Morgan fingerprint density at radius 1 is 1.62 bits per heavy atom. The van der Waals surface area contributed by atoms with E-state index in [1.807, 2.05) is 28.7 Å². The molecule has 1 unspecified atom stereocenters. The van der Waals surface area contributed by atoms with Gasteiger partial charge in [0.1, 0.15) is 11.9 Å². The van der Waals surface area contributed by atoms with Crippen LogP contribution in [0.25, 0.3) is 0 Å². The minimum Gasteiger partial charge on any atom is -0.326 e. The standard InChI is InChI=1S/C11H10FIN2O/c1-7(6-14)15(2)11(16)9-4-3-8(12)5-10(9)13/h3-5,7H,1-2H3. The number of carbonyl (C=O) groups is 1. The Labute approximate surface area is 107 Å². The molecule has 0 heterocycles. The number of nitrogens with zero attached hydrogens (tertiary/aromatic N) is 2. The van der Waals surface area contributed by atoms with Gasteiger partial charge in [0.25, 0.3) is 5.91 Å². The molecule has 3 nitrogen and oxygen atoms in total. The predicted octanol–water partition coefficient (Wildman–Crippen LogP) is 2.41. The van der Waals surface area contributed by atoms with Crippen LogP contribution in [0.4, 0.5) is 4.39 Å². The minimum absolute atomic E-state index is 0.279. The first kappa shape index (κ1) is 12.9. The van der Waals surface area contributed by atoms with Crippen LogP contribution < -0.4 is 0 Å². The van der Waals surface area contributed by atoms with Crippen LogP contribution in [0.2, 0.25) is 0 Å². The van der Waals surface area contributed by atoms with Gasteiger partial charge in [-0.2, -0.15) is 5.26 Å². The zero-order valence-corrected chi connectivity index (χ0v) is 11.0. The summed E-state index contributed by atoms with van der Waals surface area (Å²) in [6, 6.07) is 5.43. The molecule has 16 heavy (non-hydrogen) atoms. The lowest BCUT2D eigenvalue weighted by Crippen LogP contribution is -2.34. The van der Waals surface area contributed by atoms with Gasteiger partial charge >= 0.3 is 0 Å². The lowest BCUT2D eigenvalue weighted by Gasteiger charge is -2.19. The molecule has 1 aromatic rings. The maximum Gasteiger partial charge on any atom is 0.255 e. The first-order valence-electron chi connectivity index (χ1n) is 4.59. The second-order valence-corrected chi connectivity index (χ2v) is 4.51. The maximum absolute atomic E-state index is 12.9. The van der Waals surface area contributed by atoms with E-state index in [4.69, 9.17) is 5.26 Å². The van der Waals surface area contributed by atoms with Crippen molar-refractivity contribution < 1.29 is 9.18 Å². The third-order valence-corrected chi connectivity index (χ3v) is 3.14. The highest BCUT2D eigenvalue weighted by molar-refractivity contribution is 14.1. The fourth-order valence-electron chi connectivity index (χ4n) is 1.12. The van der Waals surface area contributed by atoms with E-state index in [1.165, 1.54) is 23.1 Å². The fraction of sp³-hybridized carbons (Fsp3) is 0.273. The summed E-state index contributed by atoms with van der Waals surface area (Å²) in [7, 11) is 1.55. The summed E-state index contributed by atoms with van der Waals surface area (Å²) in [5.74, 6) is -0.657. The van der Waals surface area contributed by atoms with Gasteiger partial charge in [-0.05, 0) is 47.7 Å². The summed E-state index contributed by atoms with van der Waals surface area (Å²) < 4.78 is 13.4. The summed E-state index contributed by atoms with van der Waals surface area (Å²) in [6.45, 7) is 1.63. The van der Waals surface area contributed by atoms with Gasteiger partial charge in [-0.1, -0.05) is 0 Å². The van der Waals surface area contributed by atoms with Gasteiger partial charge in [0.15, 0.2) is 0 Å². The van der Waals surface area contributed by atoms with E-state index in [0.717, 1.165) is 0 Å². The smallest absolute Gasteiger partial charge is 0.255 e. The van der Waals surface area contributed by atoms with Crippen molar-refractivity contribution in [3.8, 4) is 6.07 Å². The van der Waals surface area contributed by atoms with Crippen molar-refractivity contribution in [3.05, 3.63) is 33.1 Å². The second kappa shape index (κ2) is 5.25. The molecule has 0 aliphatic heterocycles. The zero-order chi connectivity index (χ0) is 12.3. The van der Waals surface area contributed by atoms with Crippen molar-refractivity contribution in [2.45, 2.75) is 13.0 Å². The summed E-state index contributed by atoms with van der Waals surface area (Å²) in [5.41, 5.74) is 0.409. The Bertz CT molecular complexity index is 456. The van der Waals surface area contributed by atoms with Gasteiger partial charge in [0.05, 0.1) is 11.6 Å². The number of amides is 1. The summed E-state index contributed by atoms with van der Waals surface area (Å²) in [5, 5.41) is 8.71. The molecule has 0 saturated carbocycles. The maximum atomic E-state index is 12.9. The van der Waals surface area contributed by atoms with Gasteiger partial charge in [-0.3, -0.25) is 4.79 Å². The average molecular weight is 332 g/mol. The van der Waals surface area contributed by atoms with Crippen molar-refractivity contribution in [2.24, 2.45) is 0 Å². The molecular weight excluding hydrogens is 322 g/mol. The molecule has 0 fully saturated rings. The van der Waals surface area contributed by atoms with Crippen LogP contribution in [0.3, 0.4) is 0 Å². The second-order valence-electron chi connectivity index (χ2n) is 3.35. The van der Waals surface area contributed by atoms with E-state index in [-0.39, 0.29) is 11.7 Å². The molecule has 1 aromatic carbocycles. The van der Waals surface area contributed by atoms with E-state index in [1.54, 1.807) is 14.0 Å². The number of benzene rings is 1. The van der Waals surface area contributed by atoms with E-state index >= 15 is 0 Å². The number of halogens is 2. The molecule has 0 N–H and O–H groups in total. The summed E-state index contributed by atoms with van der Waals surface area (Å²) in [6.07, 6.45) is 0. The average Bonchev–Trinajstić information content (AvgIpc) is 2.26. The Balaban J connectivity index is 3.02. The quantitative estimate of drug-likeness (QED) is 0.781. The molecule has 0 spiro atoms. The Hall–Kier alpha value is -1.16. The van der Waals surface area contributed by atoms with Crippen LogP contribution >= 0.6 is 22.6 Å². The third-order valence-electron chi connectivity index (χ3n) is 2.25. The molecule has 0 radical (unpaired) electrons. The van der Waals surface area contributed by atoms with Gasteiger partial charge in [-0.25, -0.2) is 4.39 Å². The number of nitriles is 1. The topological polar surface area (TPSA) is 44.1 Å². The molecule has 0 saturated heterocycles. The molecule has 0 aliphatic rings. The van der Waals surface area contributed by atoms with Crippen molar-refractivity contribution >= 4 is 28.5 Å². The molecule has 1 amide bonds. The Kier molecular flexibility index (Phi) is 4.24. The van der Waals surface area contributed by atoms with Crippen LogP contribution in [0.1, 0.15) is 17.3 Å². The van der Waals surface area contributed by atoms with Crippen molar-refractivity contribution in [3.63, 3.8) is 0 Å². The number of rotatable bonds is 2. The minimum atomic E-state index is -0.506. The van der Waals surface area contributed by atoms with E-state index in [0.29, 0.717) is 9.13 Å². The van der Waals surface area contributed by atoms with Crippen LogP contribution in [0.15, 0.2) is 18.2 Å². The number of hydrogen-bond donors (Lipinski definition) is 0. The highest BCUT2D eigenvalue weighted by Crippen LogP contribution is 2.16. The molecule has 0 aliphatic carbocycles. The van der Waals surface area contributed by atoms with Gasteiger partial charge < -0.3 is 4.90 Å². The van der Waals surface area contributed by atoms with Gasteiger partial charge in [-0.15, -0.1) is 0 Å². The van der Waals surface area contributed by atoms with Crippen LogP contribution in [0.5, 0.6) is 0 Å². The Morgan fingerprint density at radius 2 is 2.25 bits per heavy atom. The zero-order valence-electron chi connectivity index (χ0n) is 8.87. The highest BCUT2D eigenvalue weighted by atomic mass is 127. The molecule has 1 atom stereocenters. The van der Waals surface area contributed by atoms with Gasteiger partial charge in [0.2, 0.25) is 0 Å². The van der Waals surface area contributed by atoms with E-state index in [2.05, 4.69) is 0 Å². The van der Waals surface area contributed by atoms with E-state index in [9.17, 15) is 9.18 Å². The largest absolute Gasteiger partial charge is 0.326 e. The predicted molar refractivity (Wildman–Crippen MR) is 66.3 cm³/mol. The lowest BCUT2D eigenvalue weighted by molar-refractivity contribution is 0.0772. The SMILES string of the molecule is CC(C#N)N(C)C(=O)c1ccc(F)cc1I.